The Morgan fingerprint density at radius 3 is 2.70 bits per heavy atom. The summed E-state index contributed by atoms with van der Waals surface area (Å²) in [7, 11) is 0. The number of hydrogen-bond acceptors (Lipinski definition) is 5. The molecule has 0 saturated heterocycles. The predicted molar refractivity (Wildman–Crippen MR) is 101 cm³/mol. The Kier molecular flexibility index (Phi) is 4.82. The highest BCUT2D eigenvalue weighted by molar-refractivity contribution is 7.15. The van der Waals surface area contributed by atoms with Crippen molar-refractivity contribution in [2.75, 3.05) is 11.9 Å². The van der Waals surface area contributed by atoms with Gasteiger partial charge in [-0.2, -0.15) is 4.98 Å². The largest absolute Gasteiger partial charge is 0.337 e. The number of thiazole rings is 1. The number of rotatable bonds is 5. The van der Waals surface area contributed by atoms with Crippen LogP contribution in [0.5, 0.6) is 0 Å². The lowest BCUT2D eigenvalue weighted by Gasteiger charge is -2.08. The van der Waals surface area contributed by atoms with Crippen LogP contribution in [0.2, 0.25) is 0 Å². The fraction of sp³-hybridized carbons (Fsp3) is 0.118. The van der Waals surface area contributed by atoms with Crippen molar-refractivity contribution in [2.24, 2.45) is 0 Å². The first-order valence-corrected chi connectivity index (χ1v) is 9.73. The zero-order valence-electron chi connectivity index (χ0n) is 13.8. The second-order valence-corrected chi connectivity index (χ2v) is 7.35. The standard InChI is InChI=1S/C17H13F2N5OS2/c18-11-3-1-4-12(19)14(11)21-16(25)20-7-6-10-9-27-17-22-15(23-24(10)17)13-5-2-8-26-13/h1-5,8-9H,6-7H2,(H2,20,21,25). The molecule has 4 rings (SSSR count). The average molecular weight is 405 g/mol. The summed E-state index contributed by atoms with van der Waals surface area (Å²) in [6.07, 6.45) is 0.500. The van der Waals surface area contributed by atoms with Crippen molar-refractivity contribution in [3.63, 3.8) is 0 Å². The number of urea groups is 1. The molecule has 4 aromatic rings. The van der Waals surface area contributed by atoms with E-state index in [4.69, 9.17) is 0 Å². The van der Waals surface area contributed by atoms with Crippen molar-refractivity contribution in [1.29, 1.82) is 0 Å². The number of hydrogen-bond donors (Lipinski definition) is 2. The van der Waals surface area contributed by atoms with Crippen molar-refractivity contribution in [3.05, 3.63) is 58.4 Å². The molecule has 0 bridgehead atoms. The molecule has 10 heteroatoms. The summed E-state index contributed by atoms with van der Waals surface area (Å²) < 4.78 is 28.8. The van der Waals surface area contributed by atoms with E-state index in [1.54, 1.807) is 15.9 Å². The fourth-order valence-corrected chi connectivity index (χ4v) is 3.99. The molecule has 0 spiro atoms. The van der Waals surface area contributed by atoms with Crippen LogP contribution in [-0.4, -0.2) is 27.2 Å². The molecule has 27 heavy (non-hydrogen) atoms. The molecule has 0 radical (unpaired) electrons. The maximum atomic E-state index is 13.6. The van der Waals surface area contributed by atoms with Crippen LogP contribution in [0.3, 0.4) is 0 Å². The predicted octanol–water partition coefficient (Wildman–Crippen LogP) is 4.16. The molecule has 0 atom stereocenters. The lowest BCUT2D eigenvalue weighted by molar-refractivity contribution is 0.252. The maximum absolute atomic E-state index is 13.6. The van der Waals surface area contributed by atoms with Gasteiger partial charge in [-0.1, -0.05) is 12.1 Å². The number of amides is 2. The third kappa shape index (κ3) is 3.67. The SMILES string of the molecule is O=C(NCCc1csc2nc(-c3cccs3)nn12)Nc1c(F)cccc1F. The van der Waals surface area contributed by atoms with Crippen LogP contribution in [0.1, 0.15) is 5.69 Å². The van der Waals surface area contributed by atoms with Gasteiger partial charge < -0.3 is 10.6 Å². The van der Waals surface area contributed by atoms with E-state index >= 15 is 0 Å². The van der Waals surface area contributed by atoms with Gasteiger partial charge in [0.1, 0.15) is 17.3 Å². The van der Waals surface area contributed by atoms with E-state index in [2.05, 4.69) is 20.7 Å². The molecule has 0 fully saturated rings. The number of fused-ring (bicyclic) bond motifs is 1. The molecule has 0 aliphatic carbocycles. The molecule has 0 aliphatic heterocycles. The number of aromatic nitrogens is 3. The number of para-hydroxylation sites is 1. The van der Waals surface area contributed by atoms with Crippen LogP contribution in [0.15, 0.2) is 41.1 Å². The van der Waals surface area contributed by atoms with Crippen LogP contribution >= 0.6 is 22.7 Å². The highest BCUT2D eigenvalue weighted by Gasteiger charge is 2.14. The van der Waals surface area contributed by atoms with E-state index < -0.39 is 23.4 Å². The van der Waals surface area contributed by atoms with Gasteiger partial charge in [0.05, 0.1) is 10.6 Å². The Hall–Kier alpha value is -2.85. The first-order valence-electron chi connectivity index (χ1n) is 7.97. The number of thiophene rings is 1. The minimum atomic E-state index is -0.826. The summed E-state index contributed by atoms with van der Waals surface area (Å²) in [5.41, 5.74) is 0.424. The number of nitrogens with one attached hydrogen (secondary N) is 2. The van der Waals surface area contributed by atoms with Gasteiger partial charge in [0.25, 0.3) is 0 Å². The van der Waals surface area contributed by atoms with E-state index in [9.17, 15) is 13.6 Å². The van der Waals surface area contributed by atoms with E-state index in [1.165, 1.54) is 17.4 Å². The molecule has 3 heterocycles. The van der Waals surface area contributed by atoms with Crippen LogP contribution in [0.4, 0.5) is 19.3 Å². The van der Waals surface area contributed by atoms with Crippen LogP contribution in [-0.2, 0) is 6.42 Å². The van der Waals surface area contributed by atoms with Gasteiger partial charge in [0, 0.05) is 18.3 Å². The van der Waals surface area contributed by atoms with Crippen LogP contribution in [0, 0.1) is 11.6 Å². The fourth-order valence-electron chi connectivity index (χ4n) is 2.49. The summed E-state index contributed by atoms with van der Waals surface area (Å²) in [4.78, 5) is 18.1. The van der Waals surface area contributed by atoms with E-state index in [0.717, 1.165) is 27.7 Å². The number of carbonyl (C=O) groups excluding carboxylic acids is 1. The quantitative estimate of drug-likeness (QED) is 0.524. The van der Waals surface area contributed by atoms with Gasteiger partial charge >= 0.3 is 6.03 Å². The van der Waals surface area contributed by atoms with Gasteiger partial charge in [-0.15, -0.1) is 27.8 Å². The van der Waals surface area contributed by atoms with E-state index in [-0.39, 0.29) is 6.54 Å². The number of carbonyl (C=O) groups is 1. The molecule has 0 aliphatic rings. The average Bonchev–Trinajstić information content (AvgIpc) is 3.36. The van der Waals surface area contributed by atoms with Gasteiger partial charge in [0.2, 0.25) is 4.96 Å². The highest BCUT2D eigenvalue weighted by atomic mass is 32.1. The molecule has 0 saturated carbocycles. The minimum absolute atomic E-state index is 0.280. The summed E-state index contributed by atoms with van der Waals surface area (Å²) in [6, 6.07) is 6.61. The molecular weight excluding hydrogens is 392 g/mol. The van der Waals surface area contributed by atoms with Crippen molar-refractivity contribution >= 4 is 39.4 Å². The molecule has 138 valence electrons. The Labute approximate surface area is 160 Å². The topological polar surface area (TPSA) is 71.3 Å². The second kappa shape index (κ2) is 7.41. The highest BCUT2D eigenvalue weighted by Crippen LogP contribution is 2.24. The summed E-state index contributed by atoms with van der Waals surface area (Å²) in [5, 5.41) is 13.2. The summed E-state index contributed by atoms with van der Waals surface area (Å²) in [5.74, 6) is -0.985. The minimum Gasteiger partial charge on any atom is -0.337 e. The van der Waals surface area contributed by atoms with E-state index in [0.29, 0.717) is 12.2 Å². The lowest BCUT2D eigenvalue weighted by Crippen LogP contribution is -2.31. The Morgan fingerprint density at radius 2 is 1.96 bits per heavy atom. The third-order valence-electron chi connectivity index (χ3n) is 3.76. The van der Waals surface area contributed by atoms with Crippen LogP contribution < -0.4 is 10.6 Å². The first kappa shape index (κ1) is 17.6. The Balaban J connectivity index is 1.38. The van der Waals surface area contributed by atoms with Gasteiger partial charge in [0.15, 0.2) is 5.82 Å². The molecule has 2 amide bonds. The summed E-state index contributed by atoms with van der Waals surface area (Å²) >= 11 is 3.03. The molecule has 0 unspecified atom stereocenters. The smallest absolute Gasteiger partial charge is 0.319 e. The van der Waals surface area contributed by atoms with Crippen molar-refractivity contribution in [3.8, 4) is 10.7 Å². The molecule has 2 N–H and O–H groups in total. The van der Waals surface area contributed by atoms with E-state index in [1.807, 2.05) is 22.9 Å². The van der Waals surface area contributed by atoms with Crippen molar-refractivity contribution in [2.45, 2.75) is 6.42 Å². The molecule has 6 nitrogen and oxygen atoms in total. The van der Waals surface area contributed by atoms with Crippen molar-refractivity contribution in [1.82, 2.24) is 19.9 Å². The zero-order chi connectivity index (χ0) is 18.8. The Morgan fingerprint density at radius 1 is 1.15 bits per heavy atom. The van der Waals surface area contributed by atoms with Gasteiger partial charge in [-0.05, 0) is 23.6 Å². The molecule has 1 aromatic carbocycles. The van der Waals surface area contributed by atoms with Crippen molar-refractivity contribution < 1.29 is 13.6 Å². The monoisotopic (exact) mass is 405 g/mol. The van der Waals surface area contributed by atoms with Gasteiger partial charge in [-0.25, -0.2) is 18.1 Å². The third-order valence-corrected chi connectivity index (χ3v) is 5.49. The Bertz CT molecular complexity index is 1070. The first-order chi connectivity index (χ1) is 13.1. The number of benzene rings is 1. The normalized spacial score (nSPS) is 11.0. The zero-order valence-corrected chi connectivity index (χ0v) is 15.4. The van der Waals surface area contributed by atoms with Crippen LogP contribution in [0.25, 0.3) is 15.7 Å². The second-order valence-electron chi connectivity index (χ2n) is 5.56. The number of nitrogens with zero attached hydrogens (tertiary/aromatic N) is 3. The number of anilines is 1. The number of halogens is 2. The van der Waals surface area contributed by atoms with Gasteiger partial charge in [-0.3, -0.25) is 0 Å². The summed E-state index contributed by atoms with van der Waals surface area (Å²) in [6.45, 7) is 0.280. The maximum Gasteiger partial charge on any atom is 0.319 e. The lowest BCUT2D eigenvalue weighted by atomic mass is 10.3. The molecule has 3 aromatic heterocycles. The molecular formula is C17H13F2N5OS2.